The maximum Gasteiger partial charge on any atom is 0.257 e. The van der Waals surface area contributed by atoms with Gasteiger partial charge in [0.25, 0.3) is 5.91 Å². The Kier molecular flexibility index (Phi) is 7.55. The first kappa shape index (κ1) is 25.2. The number of hydrogen-bond donors (Lipinski definition) is 3. The minimum Gasteiger partial charge on any atom is -0.505 e. The van der Waals surface area contributed by atoms with Crippen LogP contribution >= 0.6 is 11.7 Å². The Labute approximate surface area is 216 Å². The molecule has 0 unspecified atom stereocenters. The van der Waals surface area contributed by atoms with Crippen LogP contribution in [0.25, 0.3) is 0 Å². The van der Waals surface area contributed by atoms with Crippen molar-refractivity contribution in [3.05, 3.63) is 95.6 Å². The Morgan fingerprint density at radius 3 is 2.25 bits per heavy atom. The van der Waals surface area contributed by atoms with Crippen molar-refractivity contribution in [1.82, 2.24) is 13.6 Å². The van der Waals surface area contributed by atoms with E-state index >= 15 is 0 Å². The van der Waals surface area contributed by atoms with Crippen molar-refractivity contribution in [2.24, 2.45) is 5.41 Å². The normalized spacial score (nSPS) is 12.1. The summed E-state index contributed by atoms with van der Waals surface area (Å²) in [5.41, 5.74) is 2.66. The molecule has 3 aromatic carbocycles. The van der Waals surface area contributed by atoms with E-state index in [1.54, 1.807) is 30.1 Å². The molecule has 36 heavy (non-hydrogen) atoms. The molecular weight excluding hydrogens is 470 g/mol. The van der Waals surface area contributed by atoms with Crippen LogP contribution in [0.4, 0.5) is 17.3 Å². The number of rotatable bonds is 8. The van der Waals surface area contributed by atoms with Gasteiger partial charge in [-0.25, -0.2) is 0 Å². The van der Waals surface area contributed by atoms with Crippen molar-refractivity contribution in [2.75, 3.05) is 17.7 Å². The van der Waals surface area contributed by atoms with Gasteiger partial charge in [-0.2, -0.15) is 8.75 Å². The van der Waals surface area contributed by atoms with Crippen LogP contribution in [0.2, 0.25) is 0 Å². The van der Waals surface area contributed by atoms with E-state index in [-0.39, 0.29) is 28.7 Å². The largest absolute Gasteiger partial charge is 0.505 e. The number of nitrogens with zero attached hydrogens (tertiary/aromatic N) is 3. The van der Waals surface area contributed by atoms with E-state index in [9.17, 15) is 9.90 Å². The molecule has 8 heteroatoms. The lowest BCUT2D eigenvalue weighted by Gasteiger charge is -2.32. The molecule has 1 heterocycles. The molecule has 4 rings (SSSR count). The van der Waals surface area contributed by atoms with Gasteiger partial charge in [0.15, 0.2) is 17.4 Å². The lowest BCUT2D eigenvalue weighted by Crippen LogP contribution is -2.26. The summed E-state index contributed by atoms with van der Waals surface area (Å²) in [4.78, 5) is 14.7. The van der Waals surface area contributed by atoms with Gasteiger partial charge in [0, 0.05) is 13.6 Å². The molecule has 0 aliphatic carbocycles. The molecule has 0 spiro atoms. The van der Waals surface area contributed by atoms with Gasteiger partial charge in [-0.05, 0) is 28.7 Å². The van der Waals surface area contributed by atoms with Gasteiger partial charge in [-0.3, -0.25) is 4.79 Å². The minimum absolute atomic E-state index is 0.0173. The fourth-order valence-electron chi connectivity index (χ4n) is 4.03. The fraction of sp³-hybridized carbons (Fsp3) is 0.250. The molecule has 3 N–H and O–H groups in total. The molecule has 0 fully saturated rings. The molecule has 0 aliphatic rings. The zero-order valence-corrected chi connectivity index (χ0v) is 21.7. The summed E-state index contributed by atoms with van der Waals surface area (Å²) >= 11 is 1.07. The number of aromatic nitrogens is 2. The van der Waals surface area contributed by atoms with Crippen LogP contribution in [0.3, 0.4) is 0 Å². The number of carbonyl (C=O) groups is 1. The van der Waals surface area contributed by atoms with E-state index in [1.807, 2.05) is 48.5 Å². The predicted molar refractivity (Wildman–Crippen MR) is 146 cm³/mol. The van der Waals surface area contributed by atoms with Crippen LogP contribution in [0.5, 0.6) is 5.75 Å². The Morgan fingerprint density at radius 1 is 0.944 bits per heavy atom. The number of phenolic OH excluding ortho intramolecular Hbond substituents is 1. The maximum absolute atomic E-state index is 13.1. The predicted octanol–water partition coefficient (Wildman–Crippen LogP) is 6.46. The molecule has 0 saturated heterocycles. The van der Waals surface area contributed by atoms with E-state index in [2.05, 4.69) is 52.3 Å². The highest BCUT2D eigenvalue weighted by molar-refractivity contribution is 6.99. The summed E-state index contributed by atoms with van der Waals surface area (Å²) in [6.07, 6.45) is 0. The Balaban J connectivity index is 1.55. The molecule has 4 aromatic rings. The molecule has 186 valence electrons. The van der Waals surface area contributed by atoms with Crippen molar-refractivity contribution in [3.63, 3.8) is 0 Å². The van der Waals surface area contributed by atoms with E-state index in [0.29, 0.717) is 23.9 Å². The third-order valence-electron chi connectivity index (χ3n) is 5.90. The quantitative estimate of drug-likeness (QED) is 0.240. The number of para-hydroxylation sites is 1. The minimum atomic E-state index is -0.272. The van der Waals surface area contributed by atoms with Crippen molar-refractivity contribution < 1.29 is 9.90 Å². The first-order valence-electron chi connectivity index (χ1n) is 11.8. The van der Waals surface area contributed by atoms with Crippen LogP contribution < -0.4 is 10.6 Å². The summed E-state index contributed by atoms with van der Waals surface area (Å²) in [6.45, 7) is 6.93. The van der Waals surface area contributed by atoms with Crippen molar-refractivity contribution >= 4 is 35.0 Å². The van der Waals surface area contributed by atoms with Gasteiger partial charge in [0.2, 0.25) is 0 Å². The smallest absolute Gasteiger partial charge is 0.257 e. The second-order valence-corrected chi connectivity index (χ2v) is 10.3. The van der Waals surface area contributed by atoms with Gasteiger partial charge in [-0.15, -0.1) is 0 Å². The molecule has 7 nitrogen and oxygen atoms in total. The summed E-state index contributed by atoms with van der Waals surface area (Å²) < 4.78 is 8.85. The molecular formula is C28H31N5O2S. The number of hydrogen-bond acceptors (Lipinski definition) is 7. The van der Waals surface area contributed by atoms with Crippen molar-refractivity contribution in [3.8, 4) is 5.75 Å². The number of amides is 1. The first-order valence-corrected chi connectivity index (χ1v) is 12.5. The summed E-state index contributed by atoms with van der Waals surface area (Å²) in [6, 6.07) is 25.0. The van der Waals surface area contributed by atoms with E-state index in [1.165, 1.54) is 0 Å². The van der Waals surface area contributed by atoms with Crippen LogP contribution in [0.15, 0.2) is 78.9 Å². The number of aromatic hydroxyl groups is 1. The number of benzene rings is 3. The monoisotopic (exact) mass is 501 g/mol. The van der Waals surface area contributed by atoms with Gasteiger partial charge >= 0.3 is 0 Å². The Morgan fingerprint density at radius 2 is 1.58 bits per heavy atom. The molecule has 0 radical (unpaired) electrons. The lowest BCUT2D eigenvalue weighted by atomic mass is 9.82. The number of nitrogens with one attached hydrogen (secondary N) is 2. The molecule has 1 atom stereocenters. The highest BCUT2D eigenvalue weighted by Gasteiger charge is 2.28. The second-order valence-electron chi connectivity index (χ2n) is 9.79. The molecule has 0 saturated carbocycles. The van der Waals surface area contributed by atoms with Crippen LogP contribution in [0.1, 0.15) is 48.3 Å². The highest BCUT2D eigenvalue weighted by atomic mass is 32.1. The number of anilines is 3. The average molecular weight is 502 g/mol. The average Bonchev–Trinajstić information content (AvgIpc) is 3.30. The van der Waals surface area contributed by atoms with Crippen molar-refractivity contribution in [2.45, 2.75) is 33.4 Å². The third-order valence-corrected chi connectivity index (χ3v) is 6.43. The van der Waals surface area contributed by atoms with Gasteiger partial charge in [0.1, 0.15) is 0 Å². The van der Waals surface area contributed by atoms with Crippen LogP contribution in [-0.2, 0) is 6.54 Å². The SMILES string of the molecule is CN(Cc1ccccc1)C(=O)c1cccc(Nc2nsnc2N[C@@H](c2ccccc2)C(C)(C)C)c1O. The number of carbonyl (C=O) groups excluding carboxylic acids is 1. The van der Waals surface area contributed by atoms with Crippen LogP contribution in [0, 0.1) is 5.41 Å². The standard InChI is InChI=1S/C28H31N5O2S/c1-28(2,3)24(20-14-9-6-10-15-20)30-26-25(31-36-32-26)29-22-17-11-16-21(23(22)34)27(35)33(4)18-19-12-7-5-8-13-19/h5-17,24,34H,18H2,1-4H3,(H,29,31)(H,30,32)/t24-/m0/s1. The Hall–Kier alpha value is -3.91. The topological polar surface area (TPSA) is 90.4 Å². The Bertz CT molecular complexity index is 1300. The van der Waals surface area contributed by atoms with E-state index < -0.39 is 0 Å². The molecule has 0 aliphatic heterocycles. The fourth-order valence-corrected chi connectivity index (χ4v) is 4.50. The molecule has 1 amide bonds. The molecule has 0 bridgehead atoms. The summed E-state index contributed by atoms with van der Waals surface area (Å²) in [5, 5.41) is 17.7. The lowest BCUT2D eigenvalue weighted by molar-refractivity contribution is 0.0782. The summed E-state index contributed by atoms with van der Waals surface area (Å²) in [5.74, 6) is 0.673. The summed E-state index contributed by atoms with van der Waals surface area (Å²) in [7, 11) is 1.72. The van der Waals surface area contributed by atoms with E-state index in [0.717, 1.165) is 22.9 Å². The second kappa shape index (κ2) is 10.8. The van der Waals surface area contributed by atoms with Gasteiger partial charge in [0.05, 0.1) is 29.0 Å². The first-order chi connectivity index (χ1) is 17.2. The number of phenols is 1. The van der Waals surface area contributed by atoms with Gasteiger partial charge < -0.3 is 20.6 Å². The van der Waals surface area contributed by atoms with Gasteiger partial charge in [-0.1, -0.05) is 87.5 Å². The molecule has 1 aromatic heterocycles. The maximum atomic E-state index is 13.1. The highest BCUT2D eigenvalue weighted by Crippen LogP contribution is 2.38. The van der Waals surface area contributed by atoms with E-state index in [4.69, 9.17) is 0 Å². The van der Waals surface area contributed by atoms with Crippen molar-refractivity contribution in [1.29, 1.82) is 0 Å². The zero-order valence-electron chi connectivity index (χ0n) is 20.9. The zero-order chi connectivity index (χ0) is 25.7. The van der Waals surface area contributed by atoms with Crippen LogP contribution in [-0.4, -0.2) is 31.7 Å². The third kappa shape index (κ3) is 5.83.